The van der Waals surface area contributed by atoms with Crippen molar-refractivity contribution in [3.63, 3.8) is 0 Å². The predicted octanol–water partition coefficient (Wildman–Crippen LogP) is 3.13. The molecule has 1 fully saturated rings. The molecule has 0 atom stereocenters. The van der Waals surface area contributed by atoms with Crippen LogP contribution < -0.4 is 10.1 Å². The second-order valence-electron chi connectivity index (χ2n) is 4.81. The van der Waals surface area contributed by atoms with E-state index in [1.807, 2.05) is 19.1 Å². The highest BCUT2D eigenvalue weighted by Gasteiger charge is 2.21. The highest BCUT2D eigenvalue weighted by Crippen LogP contribution is 2.32. The number of carbonyl (C=O) groups excluding carboxylic acids is 1. The topological polar surface area (TPSA) is 47.6 Å². The zero-order valence-corrected chi connectivity index (χ0v) is 12.7. The molecule has 0 spiro atoms. The molecule has 4 nitrogen and oxygen atoms in total. The highest BCUT2D eigenvalue weighted by molar-refractivity contribution is 9.10. The van der Waals surface area contributed by atoms with Gasteiger partial charge in [0.15, 0.2) is 0 Å². The molecular formula is C14H18BrNO3. The minimum absolute atomic E-state index is 0.0924. The van der Waals surface area contributed by atoms with Crippen LogP contribution in [0.4, 0.5) is 5.69 Å². The van der Waals surface area contributed by atoms with Gasteiger partial charge < -0.3 is 14.8 Å². The molecule has 0 heterocycles. The number of halogens is 1. The summed E-state index contributed by atoms with van der Waals surface area (Å²) in [6, 6.07) is 3.76. The zero-order chi connectivity index (χ0) is 13.8. The molecule has 1 aliphatic rings. The molecule has 0 radical (unpaired) electrons. The van der Waals surface area contributed by atoms with Gasteiger partial charge in [0.25, 0.3) is 0 Å². The molecule has 1 amide bonds. The Balaban J connectivity index is 1.94. The molecule has 0 saturated heterocycles. The Morgan fingerprint density at radius 1 is 1.47 bits per heavy atom. The average molecular weight is 328 g/mol. The molecule has 2 rings (SSSR count). The molecule has 5 heteroatoms. The van der Waals surface area contributed by atoms with Crippen LogP contribution in [0, 0.1) is 12.8 Å². The number of ether oxygens (including phenoxy) is 2. The summed E-state index contributed by atoms with van der Waals surface area (Å²) >= 11 is 3.40. The quantitative estimate of drug-likeness (QED) is 0.873. The molecule has 0 unspecified atom stereocenters. The summed E-state index contributed by atoms with van der Waals surface area (Å²) < 4.78 is 11.6. The monoisotopic (exact) mass is 327 g/mol. The number of rotatable bonds is 6. The van der Waals surface area contributed by atoms with Crippen molar-refractivity contribution in [2.75, 3.05) is 25.6 Å². The number of anilines is 1. The molecule has 0 bridgehead atoms. The van der Waals surface area contributed by atoms with E-state index in [4.69, 9.17) is 9.47 Å². The van der Waals surface area contributed by atoms with E-state index in [1.54, 1.807) is 7.11 Å². The van der Waals surface area contributed by atoms with E-state index in [9.17, 15) is 4.79 Å². The lowest BCUT2D eigenvalue weighted by atomic mass is 10.2. The van der Waals surface area contributed by atoms with Gasteiger partial charge in [-0.2, -0.15) is 0 Å². The lowest BCUT2D eigenvalue weighted by Crippen LogP contribution is -2.20. The van der Waals surface area contributed by atoms with Crippen molar-refractivity contribution in [3.8, 4) is 5.75 Å². The van der Waals surface area contributed by atoms with E-state index in [2.05, 4.69) is 21.2 Å². The first-order valence-corrected chi connectivity index (χ1v) is 7.11. The van der Waals surface area contributed by atoms with E-state index in [0.717, 1.165) is 10.0 Å². The fourth-order valence-electron chi connectivity index (χ4n) is 1.81. The number of nitrogens with one attached hydrogen (secondary N) is 1. The molecule has 1 aliphatic carbocycles. The smallest absolute Gasteiger partial charge is 0.250 e. The van der Waals surface area contributed by atoms with Crippen molar-refractivity contribution >= 4 is 27.5 Å². The maximum absolute atomic E-state index is 11.8. The van der Waals surface area contributed by atoms with E-state index >= 15 is 0 Å². The molecule has 1 saturated carbocycles. The number of hydrogen-bond donors (Lipinski definition) is 1. The van der Waals surface area contributed by atoms with Crippen molar-refractivity contribution in [2.24, 2.45) is 5.92 Å². The highest BCUT2D eigenvalue weighted by atomic mass is 79.9. The second-order valence-corrected chi connectivity index (χ2v) is 5.72. The fourth-order valence-corrected chi connectivity index (χ4v) is 2.36. The van der Waals surface area contributed by atoms with Crippen LogP contribution in [0.1, 0.15) is 18.4 Å². The van der Waals surface area contributed by atoms with Crippen LogP contribution >= 0.6 is 15.9 Å². The standard InChI is InChI=1S/C14H18BrNO3/c1-9-5-11(15)6-12(18-2)14(9)16-13(17)8-19-7-10-3-4-10/h5-6,10H,3-4,7-8H2,1-2H3,(H,16,17). The number of benzene rings is 1. The van der Waals surface area contributed by atoms with E-state index in [0.29, 0.717) is 24.0 Å². The van der Waals surface area contributed by atoms with Crippen LogP contribution in [0.2, 0.25) is 0 Å². The Kier molecular flexibility index (Phi) is 4.82. The Hall–Kier alpha value is -1.07. The maximum atomic E-state index is 11.8. The molecule has 19 heavy (non-hydrogen) atoms. The summed E-state index contributed by atoms with van der Waals surface area (Å²) in [5.41, 5.74) is 1.65. The van der Waals surface area contributed by atoms with Gasteiger partial charge in [-0.3, -0.25) is 4.79 Å². The lowest BCUT2D eigenvalue weighted by molar-refractivity contribution is -0.120. The molecule has 104 valence electrons. The van der Waals surface area contributed by atoms with E-state index in [-0.39, 0.29) is 12.5 Å². The maximum Gasteiger partial charge on any atom is 0.250 e. The first kappa shape index (κ1) is 14.3. The SMILES string of the molecule is COc1cc(Br)cc(C)c1NC(=O)COCC1CC1. The first-order valence-electron chi connectivity index (χ1n) is 6.32. The van der Waals surface area contributed by atoms with Crippen LogP contribution in [-0.2, 0) is 9.53 Å². The number of hydrogen-bond acceptors (Lipinski definition) is 3. The molecular weight excluding hydrogens is 310 g/mol. The summed E-state index contributed by atoms with van der Waals surface area (Å²) in [5, 5.41) is 2.84. The number of methoxy groups -OCH3 is 1. The van der Waals surface area contributed by atoms with Gasteiger partial charge in [0, 0.05) is 4.47 Å². The summed E-state index contributed by atoms with van der Waals surface area (Å²) in [6.45, 7) is 2.70. The summed E-state index contributed by atoms with van der Waals surface area (Å²) in [6.07, 6.45) is 2.45. The minimum Gasteiger partial charge on any atom is -0.495 e. The Morgan fingerprint density at radius 3 is 2.84 bits per heavy atom. The Bertz CT molecular complexity index is 472. The number of carbonyl (C=O) groups is 1. The van der Waals surface area contributed by atoms with Gasteiger partial charge in [0.1, 0.15) is 12.4 Å². The predicted molar refractivity (Wildman–Crippen MR) is 77.6 cm³/mol. The summed E-state index contributed by atoms with van der Waals surface area (Å²) in [5.74, 6) is 1.16. The normalized spacial score (nSPS) is 14.3. The van der Waals surface area contributed by atoms with Gasteiger partial charge in [0.2, 0.25) is 5.91 Å². The van der Waals surface area contributed by atoms with E-state index in [1.165, 1.54) is 12.8 Å². The van der Waals surface area contributed by atoms with Gasteiger partial charge in [0.05, 0.1) is 19.4 Å². The van der Waals surface area contributed by atoms with Crippen molar-refractivity contribution in [1.29, 1.82) is 0 Å². The van der Waals surface area contributed by atoms with E-state index < -0.39 is 0 Å². The third kappa shape index (κ3) is 4.21. The van der Waals surface area contributed by atoms with Crippen molar-refractivity contribution < 1.29 is 14.3 Å². The molecule has 0 aliphatic heterocycles. The summed E-state index contributed by atoms with van der Waals surface area (Å²) in [4.78, 5) is 11.8. The van der Waals surface area contributed by atoms with Gasteiger partial charge in [-0.1, -0.05) is 15.9 Å². The van der Waals surface area contributed by atoms with Crippen molar-refractivity contribution in [2.45, 2.75) is 19.8 Å². The average Bonchev–Trinajstić information content (AvgIpc) is 3.16. The van der Waals surface area contributed by atoms with Crippen molar-refractivity contribution in [1.82, 2.24) is 0 Å². The van der Waals surface area contributed by atoms with Crippen LogP contribution in [0.5, 0.6) is 5.75 Å². The molecule has 1 aromatic carbocycles. The van der Waals surface area contributed by atoms with Crippen LogP contribution in [0.25, 0.3) is 0 Å². The number of amides is 1. The largest absolute Gasteiger partial charge is 0.495 e. The third-order valence-electron chi connectivity index (χ3n) is 3.03. The van der Waals surface area contributed by atoms with Gasteiger partial charge in [-0.25, -0.2) is 0 Å². The Morgan fingerprint density at radius 2 is 2.21 bits per heavy atom. The molecule has 1 N–H and O–H groups in total. The lowest BCUT2D eigenvalue weighted by Gasteiger charge is -2.13. The zero-order valence-electron chi connectivity index (χ0n) is 11.2. The Labute approximate surface area is 121 Å². The van der Waals surface area contributed by atoms with Crippen LogP contribution in [-0.4, -0.2) is 26.2 Å². The third-order valence-corrected chi connectivity index (χ3v) is 3.49. The fraction of sp³-hybridized carbons (Fsp3) is 0.500. The van der Waals surface area contributed by atoms with Crippen LogP contribution in [0.15, 0.2) is 16.6 Å². The van der Waals surface area contributed by atoms with Crippen molar-refractivity contribution in [3.05, 3.63) is 22.2 Å². The van der Waals surface area contributed by atoms with Gasteiger partial charge in [-0.15, -0.1) is 0 Å². The minimum atomic E-state index is -0.149. The molecule has 1 aromatic rings. The van der Waals surface area contributed by atoms with Gasteiger partial charge in [-0.05, 0) is 43.4 Å². The second kappa shape index (κ2) is 6.39. The van der Waals surface area contributed by atoms with Gasteiger partial charge >= 0.3 is 0 Å². The number of aryl methyl sites for hydroxylation is 1. The molecule has 0 aromatic heterocycles. The summed E-state index contributed by atoms with van der Waals surface area (Å²) in [7, 11) is 1.58. The first-order chi connectivity index (χ1) is 9.10. The van der Waals surface area contributed by atoms with Crippen LogP contribution in [0.3, 0.4) is 0 Å².